The first kappa shape index (κ1) is 20.5. The van der Waals surface area contributed by atoms with Gasteiger partial charge in [-0.2, -0.15) is 0 Å². The summed E-state index contributed by atoms with van der Waals surface area (Å²) in [6, 6.07) is 0. The molecule has 3 fully saturated rings. The van der Waals surface area contributed by atoms with Crippen molar-refractivity contribution in [2.24, 2.45) is 34.5 Å². The van der Waals surface area contributed by atoms with Crippen molar-refractivity contribution in [2.45, 2.75) is 64.9 Å². The zero-order valence-corrected chi connectivity index (χ0v) is 17.4. The van der Waals surface area contributed by atoms with Crippen LogP contribution in [-0.2, 0) is 23.9 Å². The standard InChI is InChI=1S/C23H30O6/c1-13(24)29-12-19(27)23(28)9-7-17-16-5-4-14-10-15(25)6-8-21(14,2)20(16)18(26)11-22(17,23)3/h6,8,14,16-17,20,28H,4-5,7,9-12H2,1-3H3/t14-,16-,17-,20+,21-,22-,23-/m0/s1. The Morgan fingerprint density at radius 1 is 1.21 bits per heavy atom. The van der Waals surface area contributed by atoms with Gasteiger partial charge in [-0.25, -0.2) is 0 Å². The van der Waals surface area contributed by atoms with E-state index in [1.54, 1.807) is 6.08 Å². The van der Waals surface area contributed by atoms with E-state index < -0.39 is 29.4 Å². The quantitative estimate of drug-likeness (QED) is 0.728. The third-order valence-corrected chi connectivity index (χ3v) is 8.76. The van der Waals surface area contributed by atoms with E-state index in [1.165, 1.54) is 6.92 Å². The van der Waals surface area contributed by atoms with Crippen molar-refractivity contribution in [3.05, 3.63) is 12.2 Å². The van der Waals surface area contributed by atoms with Gasteiger partial charge < -0.3 is 9.84 Å². The minimum absolute atomic E-state index is 0.0558. The molecule has 0 aromatic heterocycles. The predicted octanol–water partition coefficient (Wildman–Crippen LogP) is 2.42. The maximum absolute atomic E-state index is 13.5. The molecule has 0 heterocycles. The first-order valence-corrected chi connectivity index (χ1v) is 10.7. The Labute approximate surface area is 171 Å². The largest absolute Gasteiger partial charge is 0.458 e. The van der Waals surface area contributed by atoms with Gasteiger partial charge in [0.25, 0.3) is 0 Å². The molecule has 7 atom stereocenters. The second kappa shape index (κ2) is 6.59. The SMILES string of the molecule is CC(=O)OCC(=O)[C@@]1(O)CC[C@H]2[C@@H]3CC[C@H]4CC(=O)C=C[C@]4(C)[C@H]3C(=O)C[C@@]21C. The van der Waals surface area contributed by atoms with Crippen LogP contribution < -0.4 is 0 Å². The van der Waals surface area contributed by atoms with E-state index in [2.05, 4.69) is 6.92 Å². The summed E-state index contributed by atoms with van der Waals surface area (Å²) in [7, 11) is 0. The smallest absolute Gasteiger partial charge is 0.303 e. The molecule has 1 N–H and O–H groups in total. The first-order chi connectivity index (χ1) is 13.5. The zero-order chi connectivity index (χ0) is 21.2. The van der Waals surface area contributed by atoms with Gasteiger partial charge in [0.05, 0.1) is 0 Å². The van der Waals surface area contributed by atoms with Crippen molar-refractivity contribution in [2.75, 3.05) is 6.61 Å². The van der Waals surface area contributed by atoms with Gasteiger partial charge in [0.2, 0.25) is 5.78 Å². The molecule has 0 aromatic rings. The molecule has 6 heteroatoms. The van der Waals surface area contributed by atoms with Gasteiger partial charge in [-0.15, -0.1) is 0 Å². The number of fused-ring (bicyclic) bond motifs is 5. The van der Waals surface area contributed by atoms with Crippen molar-refractivity contribution >= 4 is 23.3 Å². The lowest BCUT2D eigenvalue weighted by atomic mass is 9.45. The van der Waals surface area contributed by atoms with Crippen molar-refractivity contribution in [1.29, 1.82) is 0 Å². The number of allylic oxidation sites excluding steroid dienone is 2. The molecule has 0 aliphatic heterocycles. The number of hydrogen-bond acceptors (Lipinski definition) is 6. The Balaban J connectivity index is 1.66. The average molecular weight is 402 g/mol. The fourth-order valence-electron chi connectivity index (χ4n) is 7.21. The summed E-state index contributed by atoms with van der Waals surface area (Å²) in [4.78, 5) is 49.4. The molecule has 0 bridgehead atoms. The highest BCUT2D eigenvalue weighted by Crippen LogP contribution is 2.66. The van der Waals surface area contributed by atoms with Crippen molar-refractivity contribution < 1.29 is 29.0 Å². The van der Waals surface area contributed by atoms with Crippen molar-refractivity contribution in [1.82, 2.24) is 0 Å². The number of ether oxygens (including phenoxy) is 1. The number of rotatable bonds is 3. The van der Waals surface area contributed by atoms with Crippen LogP contribution in [0, 0.1) is 34.5 Å². The molecule has 0 aromatic carbocycles. The predicted molar refractivity (Wildman–Crippen MR) is 104 cm³/mol. The normalized spacial score (nSPS) is 45.9. The number of carbonyl (C=O) groups is 4. The third kappa shape index (κ3) is 2.78. The highest BCUT2D eigenvalue weighted by atomic mass is 16.5. The van der Waals surface area contributed by atoms with E-state index in [9.17, 15) is 24.3 Å². The summed E-state index contributed by atoms with van der Waals surface area (Å²) in [6.07, 6.45) is 6.92. The Hall–Kier alpha value is -1.82. The maximum Gasteiger partial charge on any atom is 0.303 e. The molecule has 4 aliphatic rings. The molecular formula is C23H30O6. The van der Waals surface area contributed by atoms with E-state index in [-0.39, 0.29) is 47.1 Å². The van der Waals surface area contributed by atoms with Crippen LogP contribution in [0.4, 0.5) is 0 Å². The van der Waals surface area contributed by atoms with Crippen LogP contribution in [0.2, 0.25) is 0 Å². The van der Waals surface area contributed by atoms with E-state index in [4.69, 9.17) is 4.74 Å². The second-order valence-electron chi connectivity index (χ2n) is 10.1. The average Bonchev–Trinajstić information content (AvgIpc) is 2.91. The Bertz CT molecular complexity index is 814. The molecule has 4 rings (SSSR count). The van der Waals surface area contributed by atoms with E-state index in [0.717, 1.165) is 12.8 Å². The second-order valence-corrected chi connectivity index (χ2v) is 10.1. The number of aliphatic hydroxyl groups is 1. The number of Topliss-reactive ketones (excluding diaryl/α,β-unsaturated/α-hetero) is 2. The summed E-state index contributed by atoms with van der Waals surface area (Å²) in [6.45, 7) is 4.73. The van der Waals surface area contributed by atoms with E-state index in [1.807, 2.05) is 13.0 Å². The number of esters is 1. The molecule has 0 unspecified atom stereocenters. The van der Waals surface area contributed by atoms with Gasteiger partial charge >= 0.3 is 5.97 Å². The van der Waals surface area contributed by atoms with Crippen LogP contribution in [0.1, 0.15) is 59.3 Å². The topological polar surface area (TPSA) is 97.7 Å². The lowest BCUT2D eigenvalue weighted by Gasteiger charge is -2.58. The molecule has 6 nitrogen and oxygen atoms in total. The van der Waals surface area contributed by atoms with Crippen LogP contribution in [0.25, 0.3) is 0 Å². The van der Waals surface area contributed by atoms with Gasteiger partial charge in [0.1, 0.15) is 11.4 Å². The van der Waals surface area contributed by atoms with Gasteiger partial charge in [-0.05, 0) is 54.9 Å². The van der Waals surface area contributed by atoms with Gasteiger partial charge in [-0.1, -0.05) is 19.9 Å². The molecule has 3 saturated carbocycles. The highest BCUT2D eigenvalue weighted by molar-refractivity contribution is 5.94. The first-order valence-electron chi connectivity index (χ1n) is 10.7. The molecule has 4 aliphatic carbocycles. The molecule has 29 heavy (non-hydrogen) atoms. The summed E-state index contributed by atoms with van der Waals surface area (Å²) in [5.74, 6) is -0.699. The van der Waals surface area contributed by atoms with Crippen LogP contribution in [0.15, 0.2) is 12.2 Å². The minimum Gasteiger partial charge on any atom is -0.458 e. The van der Waals surface area contributed by atoms with Gasteiger partial charge in [0, 0.05) is 31.1 Å². The summed E-state index contributed by atoms with van der Waals surface area (Å²) in [5, 5.41) is 11.4. The Kier molecular flexibility index (Phi) is 4.65. The number of carbonyl (C=O) groups excluding carboxylic acids is 4. The van der Waals surface area contributed by atoms with Crippen LogP contribution in [0.5, 0.6) is 0 Å². The lowest BCUT2D eigenvalue weighted by molar-refractivity contribution is -0.176. The highest BCUT2D eigenvalue weighted by Gasteiger charge is 2.68. The molecule has 0 radical (unpaired) electrons. The summed E-state index contributed by atoms with van der Waals surface area (Å²) >= 11 is 0. The molecule has 0 spiro atoms. The van der Waals surface area contributed by atoms with E-state index in [0.29, 0.717) is 19.3 Å². The van der Waals surface area contributed by atoms with Crippen LogP contribution >= 0.6 is 0 Å². The zero-order valence-electron chi connectivity index (χ0n) is 17.4. The van der Waals surface area contributed by atoms with Gasteiger partial charge in [-0.3, -0.25) is 19.2 Å². The number of hydrogen-bond donors (Lipinski definition) is 1. The monoisotopic (exact) mass is 402 g/mol. The molecular weight excluding hydrogens is 372 g/mol. The molecule has 0 saturated heterocycles. The third-order valence-electron chi connectivity index (χ3n) is 8.76. The van der Waals surface area contributed by atoms with Crippen molar-refractivity contribution in [3.63, 3.8) is 0 Å². The van der Waals surface area contributed by atoms with Crippen LogP contribution in [0.3, 0.4) is 0 Å². The fourth-order valence-corrected chi connectivity index (χ4v) is 7.21. The van der Waals surface area contributed by atoms with Gasteiger partial charge in [0.15, 0.2) is 12.4 Å². The van der Waals surface area contributed by atoms with Crippen LogP contribution in [-0.4, -0.2) is 40.6 Å². The molecule has 0 amide bonds. The van der Waals surface area contributed by atoms with Crippen molar-refractivity contribution in [3.8, 4) is 0 Å². The number of ketones is 3. The Morgan fingerprint density at radius 3 is 2.62 bits per heavy atom. The summed E-state index contributed by atoms with van der Waals surface area (Å²) < 4.78 is 4.86. The maximum atomic E-state index is 13.5. The fraction of sp³-hybridized carbons (Fsp3) is 0.739. The summed E-state index contributed by atoms with van der Waals surface area (Å²) in [5.41, 5.74) is -2.83. The minimum atomic E-state index is -1.65. The molecule has 158 valence electrons. The Morgan fingerprint density at radius 2 is 1.93 bits per heavy atom. The lowest BCUT2D eigenvalue weighted by Crippen LogP contribution is -2.61. The van der Waals surface area contributed by atoms with E-state index >= 15 is 0 Å².